The first-order valence-corrected chi connectivity index (χ1v) is 6.33. The van der Waals surface area contributed by atoms with Gasteiger partial charge in [-0.05, 0) is 30.9 Å². The lowest BCUT2D eigenvalue weighted by Gasteiger charge is -2.21. The summed E-state index contributed by atoms with van der Waals surface area (Å²) in [6.45, 7) is 1.71. The van der Waals surface area contributed by atoms with Crippen molar-refractivity contribution in [1.29, 1.82) is 0 Å². The Labute approximate surface area is 106 Å². The number of pyridine rings is 1. The van der Waals surface area contributed by atoms with Crippen LogP contribution in [0.5, 0.6) is 5.88 Å². The van der Waals surface area contributed by atoms with E-state index in [1.54, 1.807) is 7.11 Å². The van der Waals surface area contributed by atoms with Crippen LogP contribution in [0.2, 0.25) is 0 Å². The monoisotopic (exact) mass is 247 g/mol. The molecule has 1 aliphatic heterocycles. The van der Waals surface area contributed by atoms with E-state index in [2.05, 4.69) is 10.2 Å². The molecule has 1 atom stereocenters. The van der Waals surface area contributed by atoms with Crippen LogP contribution >= 0.6 is 0 Å². The normalized spacial score (nSPS) is 20.2. The molecule has 0 bridgehead atoms. The maximum absolute atomic E-state index is 5.51. The first-order valence-electron chi connectivity index (χ1n) is 6.33. The summed E-state index contributed by atoms with van der Waals surface area (Å²) in [5.41, 5.74) is 0.834. The molecular formula is C13H17N3O2. The van der Waals surface area contributed by atoms with E-state index in [1.165, 1.54) is 6.42 Å². The quantitative estimate of drug-likeness (QED) is 0.828. The molecule has 2 aromatic rings. The number of ether oxygens (including phenoxy) is 2. The smallest absolute Gasteiger partial charge is 0.200 e. The predicted molar refractivity (Wildman–Crippen MR) is 66.8 cm³/mol. The summed E-state index contributed by atoms with van der Waals surface area (Å²) in [6, 6.07) is 5.80. The molecule has 96 valence electrons. The van der Waals surface area contributed by atoms with Crippen LogP contribution < -0.4 is 4.74 Å². The van der Waals surface area contributed by atoms with Gasteiger partial charge < -0.3 is 9.47 Å². The summed E-state index contributed by atoms with van der Waals surface area (Å²) in [5, 5.41) is 8.46. The maximum atomic E-state index is 5.51. The molecule has 2 aromatic heterocycles. The minimum Gasteiger partial charge on any atom is -0.482 e. The van der Waals surface area contributed by atoms with Gasteiger partial charge in [0.2, 0.25) is 5.88 Å². The van der Waals surface area contributed by atoms with Gasteiger partial charge in [0, 0.05) is 19.6 Å². The van der Waals surface area contributed by atoms with E-state index < -0.39 is 0 Å². The molecule has 1 unspecified atom stereocenters. The molecule has 0 N–H and O–H groups in total. The van der Waals surface area contributed by atoms with Gasteiger partial charge in [-0.25, -0.2) is 4.40 Å². The second-order valence-corrected chi connectivity index (χ2v) is 4.67. The number of aromatic nitrogens is 3. The number of hydrogen-bond donors (Lipinski definition) is 0. The minimum atomic E-state index is 0.538. The number of rotatable bonds is 3. The average molecular weight is 247 g/mol. The van der Waals surface area contributed by atoms with Crippen LogP contribution in [0.4, 0.5) is 0 Å². The van der Waals surface area contributed by atoms with E-state index in [0.29, 0.717) is 5.92 Å². The van der Waals surface area contributed by atoms with Crippen molar-refractivity contribution in [1.82, 2.24) is 14.6 Å². The van der Waals surface area contributed by atoms with Crippen molar-refractivity contribution in [2.45, 2.75) is 19.3 Å². The van der Waals surface area contributed by atoms with Crippen molar-refractivity contribution in [3.63, 3.8) is 0 Å². The Kier molecular flexibility index (Phi) is 3.15. The highest BCUT2D eigenvalue weighted by Crippen LogP contribution is 2.21. The Balaban J connectivity index is 1.91. The zero-order valence-corrected chi connectivity index (χ0v) is 10.5. The van der Waals surface area contributed by atoms with E-state index >= 15 is 0 Å². The topological polar surface area (TPSA) is 48.7 Å². The fourth-order valence-electron chi connectivity index (χ4n) is 2.49. The third-order valence-corrected chi connectivity index (χ3v) is 3.39. The molecule has 0 aromatic carbocycles. The van der Waals surface area contributed by atoms with Gasteiger partial charge in [-0.3, -0.25) is 0 Å². The molecule has 1 fully saturated rings. The van der Waals surface area contributed by atoms with Crippen LogP contribution in [0.1, 0.15) is 18.7 Å². The molecule has 0 amide bonds. The molecule has 0 radical (unpaired) electrons. The predicted octanol–water partition coefficient (Wildman–Crippen LogP) is 1.71. The molecule has 5 nitrogen and oxygen atoms in total. The van der Waals surface area contributed by atoms with Crippen molar-refractivity contribution in [2.24, 2.45) is 5.92 Å². The van der Waals surface area contributed by atoms with Crippen LogP contribution in [0.3, 0.4) is 0 Å². The van der Waals surface area contributed by atoms with Crippen LogP contribution in [-0.2, 0) is 11.2 Å². The molecule has 0 saturated carbocycles. The SMILES string of the molecule is COc1cccc2nnc(CC3CCCOC3)n12. The summed E-state index contributed by atoms with van der Waals surface area (Å²) in [5.74, 6) is 2.28. The summed E-state index contributed by atoms with van der Waals surface area (Å²) >= 11 is 0. The van der Waals surface area contributed by atoms with Gasteiger partial charge in [0.1, 0.15) is 5.82 Å². The lowest BCUT2D eigenvalue weighted by atomic mass is 9.98. The first kappa shape index (κ1) is 11.5. The Morgan fingerprint density at radius 2 is 2.39 bits per heavy atom. The third kappa shape index (κ3) is 2.06. The van der Waals surface area contributed by atoms with Gasteiger partial charge in [-0.1, -0.05) is 6.07 Å². The zero-order chi connectivity index (χ0) is 12.4. The highest BCUT2D eigenvalue weighted by atomic mass is 16.5. The maximum Gasteiger partial charge on any atom is 0.200 e. The fourth-order valence-corrected chi connectivity index (χ4v) is 2.49. The summed E-state index contributed by atoms with van der Waals surface area (Å²) in [6.07, 6.45) is 3.23. The minimum absolute atomic E-state index is 0.538. The van der Waals surface area contributed by atoms with E-state index in [9.17, 15) is 0 Å². The Bertz CT molecular complexity index is 532. The van der Waals surface area contributed by atoms with Gasteiger partial charge in [0.05, 0.1) is 7.11 Å². The molecular weight excluding hydrogens is 230 g/mol. The largest absolute Gasteiger partial charge is 0.482 e. The number of fused-ring (bicyclic) bond motifs is 1. The van der Waals surface area contributed by atoms with Gasteiger partial charge in [-0.15, -0.1) is 10.2 Å². The van der Waals surface area contributed by atoms with Crippen molar-refractivity contribution in [3.05, 3.63) is 24.0 Å². The Hall–Kier alpha value is -1.62. The Morgan fingerprint density at radius 3 is 3.17 bits per heavy atom. The van der Waals surface area contributed by atoms with Gasteiger partial charge >= 0.3 is 0 Å². The van der Waals surface area contributed by atoms with Crippen LogP contribution in [-0.4, -0.2) is 34.9 Å². The second kappa shape index (κ2) is 4.94. The molecule has 0 spiro atoms. The zero-order valence-electron chi connectivity index (χ0n) is 10.5. The lowest BCUT2D eigenvalue weighted by Crippen LogP contribution is -2.20. The number of methoxy groups -OCH3 is 1. The van der Waals surface area contributed by atoms with Crippen LogP contribution in [0, 0.1) is 5.92 Å². The summed E-state index contributed by atoms with van der Waals surface area (Å²) in [4.78, 5) is 0. The van der Waals surface area contributed by atoms with Crippen molar-refractivity contribution >= 4 is 5.65 Å². The molecule has 18 heavy (non-hydrogen) atoms. The molecule has 0 aliphatic carbocycles. The second-order valence-electron chi connectivity index (χ2n) is 4.67. The van der Waals surface area contributed by atoms with Gasteiger partial charge in [-0.2, -0.15) is 0 Å². The standard InChI is InChI=1S/C13H17N3O2/c1-17-13-6-2-5-11-14-15-12(16(11)13)8-10-4-3-7-18-9-10/h2,5-6,10H,3-4,7-9H2,1H3. The Morgan fingerprint density at radius 1 is 1.44 bits per heavy atom. The highest BCUT2D eigenvalue weighted by molar-refractivity contribution is 5.42. The highest BCUT2D eigenvalue weighted by Gasteiger charge is 2.18. The van der Waals surface area contributed by atoms with Crippen molar-refractivity contribution < 1.29 is 9.47 Å². The van der Waals surface area contributed by atoms with Crippen molar-refractivity contribution in [3.8, 4) is 5.88 Å². The van der Waals surface area contributed by atoms with E-state index in [1.807, 2.05) is 22.6 Å². The van der Waals surface area contributed by atoms with Gasteiger partial charge in [0.15, 0.2) is 5.65 Å². The van der Waals surface area contributed by atoms with Crippen molar-refractivity contribution in [2.75, 3.05) is 20.3 Å². The van der Waals surface area contributed by atoms with Gasteiger partial charge in [0.25, 0.3) is 0 Å². The van der Waals surface area contributed by atoms with Crippen LogP contribution in [0.15, 0.2) is 18.2 Å². The van der Waals surface area contributed by atoms with E-state index in [0.717, 1.165) is 43.4 Å². The van der Waals surface area contributed by atoms with Crippen LogP contribution in [0.25, 0.3) is 5.65 Å². The molecule has 1 saturated heterocycles. The summed E-state index contributed by atoms with van der Waals surface area (Å²) in [7, 11) is 1.67. The molecule has 5 heteroatoms. The first-order chi connectivity index (χ1) is 8.88. The van der Waals surface area contributed by atoms with E-state index in [4.69, 9.17) is 9.47 Å². The van der Waals surface area contributed by atoms with E-state index in [-0.39, 0.29) is 0 Å². The molecule has 3 heterocycles. The fraction of sp³-hybridized carbons (Fsp3) is 0.538. The third-order valence-electron chi connectivity index (χ3n) is 3.39. The number of hydrogen-bond acceptors (Lipinski definition) is 4. The molecule has 3 rings (SSSR count). The molecule has 1 aliphatic rings. The average Bonchev–Trinajstić information content (AvgIpc) is 2.83. The lowest BCUT2D eigenvalue weighted by molar-refractivity contribution is 0.0541. The summed E-state index contributed by atoms with van der Waals surface area (Å²) < 4.78 is 12.9. The number of nitrogens with zero attached hydrogens (tertiary/aromatic N) is 3.